The Balaban J connectivity index is 0.00000256. The summed E-state index contributed by atoms with van der Waals surface area (Å²) in [5, 5.41) is 0. The van der Waals surface area contributed by atoms with Gasteiger partial charge in [0.1, 0.15) is 0 Å². The molecule has 1 aromatic carbocycles. The summed E-state index contributed by atoms with van der Waals surface area (Å²) in [4.78, 5) is 13.5. The zero-order chi connectivity index (χ0) is 12.0. The van der Waals surface area contributed by atoms with Crippen LogP contribution in [0.4, 0.5) is 5.69 Å². The number of hydrogen-bond donors (Lipinski definition) is 1. The van der Waals surface area contributed by atoms with Crippen LogP contribution in [0.2, 0.25) is 0 Å². The second-order valence-corrected chi connectivity index (χ2v) is 3.92. The summed E-state index contributed by atoms with van der Waals surface area (Å²) in [6.07, 6.45) is 1.20. The van der Waals surface area contributed by atoms with Crippen molar-refractivity contribution in [3.05, 3.63) is 24.3 Å². The number of nitrogens with two attached hydrogens (primary N) is 1. The van der Waals surface area contributed by atoms with Gasteiger partial charge >= 0.3 is 5.97 Å². The first-order chi connectivity index (χ1) is 7.59. The molecule has 0 unspecified atom stereocenters. The normalized spacial score (nSPS) is 9.82. The molecule has 0 heterocycles. The topological polar surface area (TPSA) is 55.6 Å². The maximum atomic E-state index is 11.4. The molecule has 0 aliphatic carbocycles. The zero-order valence-corrected chi connectivity index (χ0v) is 11.0. The van der Waals surface area contributed by atoms with E-state index in [1.165, 1.54) is 0 Å². The lowest BCUT2D eigenvalue weighted by Crippen LogP contribution is -2.16. The van der Waals surface area contributed by atoms with E-state index in [1.807, 2.05) is 19.0 Å². The van der Waals surface area contributed by atoms with Crippen LogP contribution in [0.3, 0.4) is 0 Å². The zero-order valence-electron chi connectivity index (χ0n) is 10.2. The number of nitrogens with zero attached hydrogens (tertiary/aromatic N) is 1. The van der Waals surface area contributed by atoms with Crippen LogP contribution >= 0.6 is 12.4 Å². The van der Waals surface area contributed by atoms with Crippen molar-refractivity contribution >= 4 is 24.1 Å². The van der Waals surface area contributed by atoms with Gasteiger partial charge in [0.2, 0.25) is 0 Å². The van der Waals surface area contributed by atoms with Crippen LogP contribution < -0.4 is 10.5 Å². The van der Waals surface area contributed by atoms with Crippen molar-refractivity contribution in [2.45, 2.75) is 12.8 Å². The van der Waals surface area contributed by atoms with Crippen LogP contribution in [-0.2, 0) is 4.79 Å². The van der Waals surface area contributed by atoms with Crippen molar-refractivity contribution in [3.63, 3.8) is 0 Å². The summed E-state index contributed by atoms with van der Waals surface area (Å²) in [6.45, 7) is 0.874. The lowest BCUT2D eigenvalue weighted by atomic mass is 10.3. The number of nitrogen functional groups attached to an aromatic ring is 1. The molecule has 0 aliphatic heterocycles. The number of benzene rings is 1. The predicted molar refractivity (Wildman–Crippen MR) is 71.5 cm³/mol. The van der Waals surface area contributed by atoms with Crippen LogP contribution in [0.5, 0.6) is 5.75 Å². The minimum absolute atomic E-state index is 0. The molecular weight excluding hydrogens is 240 g/mol. The van der Waals surface area contributed by atoms with Crippen LogP contribution in [0.15, 0.2) is 24.3 Å². The molecule has 0 aromatic heterocycles. The molecule has 0 spiro atoms. The monoisotopic (exact) mass is 258 g/mol. The highest BCUT2D eigenvalue weighted by molar-refractivity contribution is 5.85. The van der Waals surface area contributed by atoms with E-state index >= 15 is 0 Å². The predicted octanol–water partition coefficient (Wildman–Crippen LogP) is 1.94. The van der Waals surface area contributed by atoms with Crippen molar-refractivity contribution < 1.29 is 9.53 Å². The Morgan fingerprint density at radius 1 is 1.35 bits per heavy atom. The molecule has 1 aromatic rings. The van der Waals surface area contributed by atoms with Crippen LogP contribution in [-0.4, -0.2) is 31.5 Å². The molecule has 96 valence electrons. The van der Waals surface area contributed by atoms with Crippen molar-refractivity contribution in [1.82, 2.24) is 4.90 Å². The van der Waals surface area contributed by atoms with E-state index in [1.54, 1.807) is 24.3 Å². The summed E-state index contributed by atoms with van der Waals surface area (Å²) < 4.78 is 5.14. The molecule has 0 amide bonds. The second kappa shape index (κ2) is 7.92. The first kappa shape index (κ1) is 15.7. The SMILES string of the molecule is CN(C)CCCC(=O)Oc1ccccc1N.Cl. The van der Waals surface area contributed by atoms with E-state index in [9.17, 15) is 4.79 Å². The van der Waals surface area contributed by atoms with Crippen LogP contribution in [0.25, 0.3) is 0 Å². The minimum Gasteiger partial charge on any atom is -0.424 e. The van der Waals surface area contributed by atoms with Gasteiger partial charge in [0, 0.05) is 6.42 Å². The molecule has 5 heteroatoms. The lowest BCUT2D eigenvalue weighted by Gasteiger charge is -2.09. The fourth-order valence-electron chi connectivity index (χ4n) is 1.29. The van der Waals surface area contributed by atoms with Gasteiger partial charge in [-0.15, -0.1) is 12.4 Å². The average Bonchev–Trinajstić information content (AvgIpc) is 2.21. The highest BCUT2D eigenvalue weighted by atomic mass is 35.5. The summed E-state index contributed by atoms with van der Waals surface area (Å²) in [5.41, 5.74) is 6.15. The molecule has 4 nitrogen and oxygen atoms in total. The van der Waals surface area contributed by atoms with Gasteiger partial charge in [-0.1, -0.05) is 12.1 Å². The molecule has 0 bridgehead atoms. The van der Waals surface area contributed by atoms with E-state index < -0.39 is 0 Å². The number of para-hydroxylation sites is 2. The van der Waals surface area contributed by atoms with Gasteiger partial charge < -0.3 is 15.4 Å². The van der Waals surface area contributed by atoms with Gasteiger partial charge in [-0.3, -0.25) is 4.79 Å². The van der Waals surface area contributed by atoms with E-state index in [0.29, 0.717) is 17.9 Å². The number of rotatable bonds is 5. The van der Waals surface area contributed by atoms with E-state index in [0.717, 1.165) is 13.0 Å². The molecule has 0 atom stereocenters. The molecule has 1 rings (SSSR count). The second-order valence-electron chi connectivity index (χ2n) is 3.92. The molecule has 0 fully saturated rings. The number of hydrogen-bond acceptors (Lipinski definition) is 4. The third-order valence-electron chi connectivity index (χ3n) is 2.13. The third-order valence-corrected chi connectivity index (χ3v) is 2.13. The molecule has 0 aliphatic rings. The fraction of sp³-hybridized carbons (Fsp3) is 0.417. The number of halogens is 1. The molecule has 17 heavy (non-hydrogen) atoms. The molecular formula is C12H19ClN2O2. The quantitative estimate of drug-likeness (QED) is 0.498. The van der Waals surface area contributed by atoms with Gasteiger partial charge in [-0.25, -0.2) is 0 Å². The Hall–Kier alpha value is -1.26. The Bertz CT molecular complexity index is 356. The van der Waals surface area contributed by atoms with Gasteiger partial charge in [0.05, 0.1) is 5.69 Å². The number of ether oxygens (including phenoxy) is 1. The van der Waals surface area contributed by atoms with E-state index in [2.05, 4.69) is 0 Å². The van der Waals surface area contributed by atoms with E-state index in [-0.39, 0.29) is 18.4 Å². The Labute approximate surface area is 108 Å². The first-order valence-corrected chi connectivity index (χ1v) is 5.29. The highest BCUT2D eigenvalue weighted by Gasteiger charge is 2.06. The fourth-order valence-corrected chi connectivity index (χ4v) is 1.29. The summed E-state index contributed by atoms with van der Waals surface area (Å²) >= 11 is 0. The summed E-state index contributed by atoms with van der Waals surface area (Å²) in [6, 6.07) is 7.00. The van der Waals surface area contributed by atoms with Crippen molar-refractivity contribution in [2.75, 3.05) is 26.4 Å². The Kier molecular flexibility index (Phi) is 7.34. The maximum absolute atomic E-state index is 11.4. The molecule has 0 radical (unpaired) electrons. The van der Waals surface area contributed by atoms with Gasteiger partial charge in [0.25, 0.3) is 0 Å². The smallest absolute Gasteiger partial charge is 0.311 e. The van der Waals surface area contributed by atoms with Crippen LogP contribution in [0, 0.1) is 0 Å². The summed E-state index contributed by atoms with van der Waals surface area (Å²) in [5.74, 6) is 0.206. The average molecular weight is 259 g/mol. The number of carbonyl (C=O) groups excluding carboxylic acids is 1. The molecule has 0 saturated carbocycles. The molecule has 0 saturated heterocycles. The van der Waals surface area contributed by atoms with Gasteiger partial charge in [-0.05, 0) is 39.2 Å². The van der Waals surface area contributed by atoms with Crippen molar-refractivity contribution in [1.29, 1.82) is 0 Å². The lowest BCUT2D eigenvalue weighted by molar-refractivity contribution is -0.134. The minimum atomic E-state index is -0.236. The van der Waals surface area contributed by atoms with Crippen LogP contribution in [0.1, 0.15) is 12.8 Å². The van der Waals surface area contributed by atoms with Crippen molar-refractivity contribution in [3.8, 4) is 5.75 Å². The number of carbonyl (C=O) groups is 1. The van der Waals surface area contributed by atoms with E-state index in [4.69, 9.17) is 10.5 Å². The standard InChI is InChI=1S/C12H18N2O2.ClH/c1-14(2)9-5-8-12(15)16-11-7-4-3-6-10(11)13;/h3-4,6-7H,5,8-9,13H2,1-2H3;1H. The summed E-state index contributed by atoms with van der Waals surface area (Å²) in [7, 11) is 3.95. The Morgan fingerprint density at radius 2 is 2.00 bits per heavy atom. The molecule has 2 N–H and O–H groups in total. The van der Waals surface area contributed by atoms with Crippen molar-refractivity contribution in [2.24, 2.45) is 0 Å². The number of anilines is 1. The highest BCUT2D eigenvalue weighted by Crippen LogP contribution is 2.20. The largest absolute Gasteiger partial charge is 0.424 e. The first-order valence-electron chi connectivity index (χ1n) is 5.29. The maximum Gasteiger partial charge on any atom is 0.311 e. The third kappa shape index (κ3) is 6.14. The Morgan fingerprint density at radius 3 is 2.59 bits per heavy atom. The van der Waals surface area contributed by atoms with Gasteiger partial charge in [-0.2, -0.15) is 0 Å². The number of esters is 1. The van der Waals surface area contributed by atoms with Gasteiger partial charge in [0.15, 0.2) is 5.75 Å².